The zero-order valence-electron chi connectivity index (χ0n) is 16.1. The van der Waals surface area contributed by atoms with Crippen LogP contribution in [0.2, 0.25) is 0 Å². The number of aromatic nitrogens is 1. The number of fused-ring (bicyclic) bond motifs is 1. The van der Waals surface area contributed by atoms with E-state index in [1.807, 2.05) is 36.4 Å². The van der Waals surface area contributed by atoms with Crippen molar-refractivity contribution < 1.29 is 19.2 Å². The first-order valence-corrected chi connectivity index (χ1v) is 9.52. The summed E-state index contributed by atoms with van der Waals surface area (Å²) in [6.45, 7) is 4.04. The normalized spacial score (nSPS) is 20.4. The molecule has 0 saturated carbocycles. The summed E-state index contributed by atoms with van der Waals surface area (Å²) in [5, 5.41) is 15.8. The van der Waals surface area contributed by atoms with Crippen LogP contribution in [0.15, 0.2) is 47.0 Å². The number of hydrogen-bond acceptors (Lipinski definition) is 5. The first-order chi connectivity index (χ1) is 13.5. The van der Waals surface area contributed by atoms with Gasteiger partial charge in [-0.15, -0.1) is 0 Å². The standard InChI is InChI=1S/C22H24N2O4/c1-14-9-16(22(25)26)12-24(11-14)13-17-10-19(23-28-17)21-18-6-4-3-5-15(18)7-8-20(21)27-2/h3-8,10,14,16H,9,11-13H2,1-2H3,(H,25,26). The smallest absolute Gasteiger partial charge is 0.307 e. The highest BCUT2D eigenvalue weighted by Crippen LogP contribution is 2.37. The number of hydrogen-bond donors (Lipinski definition) is 1. The van der Waals surface area contributed by atoms with Gasteiger partial charge in [-0.3, -0.25) is 9.69 Å². The fraction of sp³-hybridized carbons (Fsp3) is 0.364. The number of piperidine rings is 1. The molecule has 4 rings (SSSR count). The number of carboxylic acids is 1. The SMILES string of the molecule is COc1ccc2ccccc2c1-c1cc(CN2CC(C)CC(C(=O)O)C2)on1. The zero-order chi connectivity index (χ0) is 19.7. The lowest BCUT2D eigenvalue weighted by atomic mass is 9.90. The second kappa shape index (κ2) is 7.64. The molecule has 6 heteroatoms. The van der Waals surface area contributed by atoms with E-state index in [0.29, 0.717) is 19.0 Å². The van der Waals surface area contributed by atoms with Gasteiger partial charge >= 0.3 is 5.97 Å². The molecule has 0 spiro atoms. The van der Waals surface area contributed by atoms with E-state index in [2.05, 4.69) is 23.0 Å². The summed E-state index contributed by atoms with van der Waals surface area (Å²) in [5.41, 5.74) is 1.63. The van der Waals surface area contributed by atoms with Gasteiger partial charge in [0.2, 0.25) is 0 Å². The fourth-order valence-electron chi connectivity index (χ4n) is 4.18. The number of likely N-dealkylation sites (tertiary alicyclic amines) is 1. The summed E-state index contributed by atoms with van der Waals surface area (Å²) in [7, 11) is 1.65. The summed E-state index contributed by atoms with van der Waals surface area (Å²) in [5.74, 6) is 0.759. The number of nitrogens with zero attached hydrogens (tertiary/aromatic N) is 2. The quantitative estimate of drug-likeness (QED) is 0.720. The van der Waals surface area contributed by atoms with Crippen molar-refractivity contribution in [1.29, 1.82) is 0 Å². The molecule has 0 aliphatic carbocycles. The Morgan fingerprint density at radius 2 is 2.11 bits per heavy atom. The van der Waals surface area contributed by atoms with E-state index >= 15 is 0 Å². The Bertz CT molecular complexity index is 997. The number of rotatable bonds is 5. The van der Waals surface area contributed by atoms with Crippen molar-refractivity contribution in [2.45, 2.75) is 19.9 Å². The molecule has 146 valence electrons. The van der Waals surface area contributed by atoms with Crippen molar-refractivity contribution in [2.24, 2.45) is 11.8 Å². The van der Waals surface area contributed by atoms with Crippen molar-refractivity contribution in [1.82, 2.24) is 10.1 Å². The van der Waals surface area contributed by atoms with Gasteiger partial charge in [-0.1, -0.05) is 42.4 Å². The molecule has 6 nitrogen and oxygen atoms in total. The van der Waals surface area contributed by atoms with Crippen LogP contribution in [0.5, 0.6) is 5.75 Å². The lowest BCUT2D eigenvalue weighted by Crippen LogP contribution is -2.41. The summed E-state index contributed by atoms with van der Waals surface area (Å²) in [6.07, 6.45) is 0.723. The van der Waals surface area contributed by atoms with Gasteiger partial charge in [-0.25, -0.2) is 0 Å². The average molecular weight is 380 g/mol. The highest BCUT2D eigenvalue weighted by Gasteiger charge is 2.30. The minimum absolute atomic E-state index is 0.329. The van der Waals surface area contributed by atoms with Gasteiger partial charge in [-0.2, -0.15) is 0 Å². The first kappa shape index (κ1) is 18.5. The highest BCUT2D eigenvalue weighted by molar-refractivity contribution is 5.98. The number of ether oxygens (including phenoxy) is 1. The molecule has 1 aromatic heterocycles. The van der Waals surface area contributed by atoms with Crippen LogP contribution in [0.1, 0.15) is 19.1 Å². The molecule has 2 aromatic carbocycles. The third-order valence-electron chi connectivity index (χ3n) is 5.39. The molecular weight excluding hydrogens is 356 g/mol. The average Bonchev–Trinajstić information content (AvgIpc) is 3.14. The van der Waals surface area contributed by atoms with Crippen LogP contribution in [0.25, 0.3) is 22.0 Å². The van der Waals surface area contributed by atoms with Crippen LogP contribution in [0, 0.1) is 11.8 Å². The predicted molar refractivity (Wildman–Crippen MR) is 106 cm³/mol. The summed E-state index contributed by atoms with van der Waals surface area (Å²) >= 11 is 0. The lowest BCUT2D eigenvalue weighted by molar-refractivity contribution is -0.144. The molecule has 1 aliphatic heterocycles. The summed E-state index contributed by atoms with van der Waals surface area (Å²) in [6, 6.07) is 14.0. The number of carboxylic acid groups (broad SMARTS) is 1. The second-order valence-corrected chi connectivity index (χ2v) is 7.61. The van der Waals surface area contributed by atoms with Gasteiger partial charge in [0.05, 0.1) is 25.1 Å². The van der Waals surface area contributed by atoms with Crippen LogP contribution >= 0.6 is 0 Å². The van der Waals surface area contributed by atoms with Crippen LogP contribution in [0.3, 0.4) is 0 Å². The van der Waals surface area contributed by atoms with Gasteiger partial charge in [0.25, 0.3) is 0 Å². The van der Waals surface area contributed by atoms with E-state index < -0.39 is 5.97 Å². The molecular formula is C22H24N2O4. The van der Waals surface area contributed by atoms with E-state index in [1.165, 1.54) is 0 Å². The number of benzene rings is 2. The molecule has 0 amide bonds. The topological polar surface area (TPSA) is 75.8 Å². The van der Waals surface area contributed by atoms with E-state index in [9.17, 15) is 9.90 Å². The van der Waals surface area contributed by atoms with Crippen LogP contribution in [0.4, 0.5) is 0 Å². The Morgan fingerprint density at radius 3 is 2.89 bits per heavy atom. The summed E-state index contributed by atoms with van der Waals surface area (Å²) in [4.78, 5) is 13.5. The summed E-state index contributed by atoms with van der Waals surface area (Å²) < 4.78 is 11.2. The first-order valence-electron chi connectivity index (χ1n) is 9.52. The third kappa shape index (κ3) is 3.60. The van der Waals surface area contributed by atoms with E-state index in [-0.39, 0.29) is 5.92 Å². The van der Waals surface area contributed by atoms with Gasteiger partial charge in [-0.05, 0) is 29.2 Å². The van der Waals surface area contributed by atoms with Gasteiger partial charge < -0.3 is 14.4 Å². The monoisotopic (exact) mass is 380 g/mol. The third-order valence-corrected chi connectivity index (χ3v) is 5.39. The van der Waals surface area contributed by atoms with Crippen LogP contribution < -0.4 is 4.74 Å². The van der Waals surface area contributed by atoms with Crippen LogP contribution in [-0.2, 0) is 11.3 Å². The fourth-order valence-corrected chi connectivity index (χ4v) is 4.18. The Morgan fingerprint density at radius 1 is 1.29 bits per heavy atom. The zero-order valence-corrected chi connectivity index (χ0v) is 16.1. The molecule has 3 aromatic rings. The Balaban J connectivity index is 1.62. The molecule has 1 aliphatic rings. The van der Waals surface area contributed by atoms with E-state index in [1.54, 1.807) is 7.11 Å². The lowest BCUT2D eigenvalue weighted by Gasteiger charge is -2.33. The van der Waals surface area contributed by atoms with Crippen molar-refractivity contribution in [3.63, 3.8) is 0 Å². The van der Waals surface area contributed by atoms with Gasteiger partial charge in [0, 0.05) is 19.2 Å². The van der Waals surface area contributed by atoms with Crippen molar-refractivity contribution in [3.8, 4) is 17.0 Å². The number of methoxy groups -OCH3 is 1. The molecule has 2 atom stereocenters. The van der Waals surface area contributed by atoms with Crippen LogP contribution in [-0.4, -0.2) is 41.3 Å². The van der Waals surface area contributed by atoms with E-state index in [4.69, 9.17) is 9.26 Å². The maximum absolute atomic E-state index is 11.4. The molecule has 1 N–H and O–H groups in total. The Hall–Kier alpha value is -2.86. The second-order valence-electron chi connectivity index (χ2n) is 7.61. The Kier molecular flexibility index (Phi) is 5.05. The highest BCUT2D eigenvalue weighted by atomic mass is 16.5. The molecule has 1 fully saturated rings. The minimum atomic E-state index is -0.727. The molecule has 2 unspecified atom stereocenters. The van der Waals surface area contributed by atoms with Gasteiger partial charge in [0.1, 0.15) is 11.4 Å². The molecule has 0 radical (unpaired) electrons. The predicted octanol–water partition coefficient (Wildman–Crippen LogP) is 4.05. The van der Waals surface area contributed by atoms with Gasteiger partial charge in [0.15, 0.2) is 5.76 Å². The molecule has 1 saturated heterocycles. The minimum Gasteiger partial charge on any atom is -0.496 e. The number of carbonyl (C=O) groups is 1. The van der Waals surface area contributed by atoms with Crippen molar-refractivity contribution >= 4 is 16.7 Å². The molecule has 28 heavy (non-hydrogen) atoms. The van der Waals surface area contributed by atoms with Crippen molar-refractivity contribution in [2.75, 3.05) is 20.2 Å². The Labute approximate surface area is 163 Å². The maximum atomic E-state index is 11.4. The van der Waals surface area contributed by atoms with E-state index in [0.717, 1.165) is 46.5 Å². The molecule has 2 heterocycles. The number of aliphatic carboxylic acids is 1. The van der Waals surface area contributed by atoms with Crippen molar-refractivity contribution in [3.05, 3.63) is 48.2 Å². The largest absolute Gasteiger partial charge is 0.496 e. The molecule has 0 bridgehead atoms. The maximum Gasteiger partial charge on any atom is 0.307 e.